The molecule has 6 nitrogen and oxygen atoms in total. The SMILES string of the molecule is Nc1cc(C(=O)N2CCCC3(CCOC3)C2)[nH]n1. The van der Waals surface area contributed by atoms with Crippen molar-refractivity contribution in [1.82, 2.24) is 15.1 Å². The minimum atomic E-state index is -0.00910. The van der Waals surface area contributed by atoms with Crippen LogP contribution in [0, 0.1) is 5.41 Å². The van der Waals surface area contributed by atoms with Crippen LogP contribution in [-0.4, -0.2) is 47.3 Å². The summed E-state index contributed by atoms with van der Waals surface area (Å²) in [6.07, 6.45) is 3.25. The number of likely N-dealkylation sites (tertiary alicyclic amines) is 1. The van der Waals surface area contributed by atoms with Gasteiger partial charge in [0.1, 0.15) is 11.5 Å². The third-order valence-electron chi connectivity index (χ3n) is 3.96. The van der Waals surface area contributed by atoms with E-state index >= 15 is 0 Å². The van der Waals surface area contributed by atoms with Crippen molar-refractivity contribution in [2.75, 3.05) is 32.0 Å². The molecule has 1 spiro atoms. The summed E-state index contributed by atoms with van der Waals surface area (Å²) in [5.41, 5.74) is 6.18. The van der Waals surface area contributed by atoms with Crippen LogP contribution in [-0.2, 0) is 4.74 Å². The van der Waals surface area contributed by atoms with Gasteiger partial charge in [0.2, 0.25) is 0 Å². The average molecular weight is 250 g/mol. The van der Waals surface area contributed by atoms with Crippen molar-refractivity contribution in [3.8, 4) is 0 Å². The van der Waals surface area contributed by atoms with Gasteiger partial charge < -0.3 is 15.4 Å². The molecule has 2 aliphatic rings. The van der Waals surface area contributed by atoms with E-state index in [9.17, 15) is 4.79 Å². The van der Waals surface area contributed by atoms with Crippen LogP contribution in [0.3, 0.4) is 0 Å². The average Bonchev–Trinajstić information content (AvgIpc) is 2.98. The molecule has 98 valence electrons. The van der Waals surface area contributed by atoms with Crippen LogP contribution in [0.5, 0.6) is 0 Å². The van der Waals surface area contributed by atoms with Gasteiger partial charge in [0.25, 0.3) is 5.91 Å². The van der Waals surface area contributed by atoms with Crippen LogP contribution in [0.2, 0.25) is 0 Å². The Morgan fingerprint density at radius 3 is 3.11 bits per heavy atom. The van der Waals surface area contributed by atoms with E-state index in [1.54, 1.807) is 6.07 Å². The summed E-state index contributed by atoms with van der Waals surface area (Å²) >= 11 is 0. The van der Waals surface area contributed by atoms with E-state index in [-0.39, 0.29) is 11.3 Å². The van der Waals surface area contributed by atoms with Gasteiger partial charge in [0, 0.05) is 31.2 Å². The standard InChI is InChI=1S/C12H18N4O2/c13-10-6-9(14-15-10)11(17)16-4-1-2-12(7-16)3-5-18-8-12/h6H,1-5,7-8H2,(H3,13,14,15). The van der Waals surface area contributed by atoms with E-state index in [4.69, 9.17) is 10.5 Å². The number of anilines is 1. The summed E-state index contributed by atoms with van der Waals surface area (Å²) in [5, 5.41) is 6.49. The van der Waals surface area contributed by atoms with E-state index in [2.05, 4.69) is 10.2 Å². The van der Waals surface area contributed by atoms with Gasteiger partial charge in [-0.05, 0) is 19.3 Å². The van der Waals surface area contributed by atoms with Gasteiger partial charge in [-0.25, -0.2) is 0 Å². The van der Waals surface area contributed by atoms with Gasteiger partial charge in [-0.3, -0.25) is 9.89 Å². The maximum absolute atomic E-state index is 12.3. The number of hydrogen-bond acceptors (Lipinski definition) is 4. The molecule has 0 bridgehead atoms. The number of hydrogen-bond donors (Lipinski definition) is 2. The first-order chi connectivity index (χ1) is 8.69. The van der Waals surface area contributed by atoms with E-state index in [0.29, 0.717) is 11.5 Å². The van der Waals surface area contributed by atoms with Crippen LogP contribution in [0.4, 0.5) is 5.82 Å². The lowest BCUT2D eigenvalue weighted by Gasteiger charge is -2.39. The van der Waals surface area contributed by atoms with Gasteiger partial charge in [-0.1, -0.05) is 0 Å². The quantitative estimate of drug-likeness (QED) is 0.766. The highest BCUT2D eigenvalue weighted by atomic mass is 16.5. The first-order valence-corrected chi connectivity index (χ1v) is 6.36. The largest absolute Gasteiger partial charge is 0.382 e. The van der Waals surface area contributed by atoms with Crippen LogP contribution in [0.1, 0.15) is 29.8 Å². The number of nitrogens with one attached hydrogen (secondary N) is 1. The normalized spacial score (nSPS) is 27.9. The Morgan fingerprint density at radius 1 is 1.56 bits per heavy atom. The van der Waals surface area contributed by atoms with Gasteiger partial charge in [0.05, 0.1) is 6.61 Å². The fraction of sp³-hybridized carbons (Fsp3) is 0.667. The molecule has 18 heavy (non-hydrogen) atoms. The topological polar surface area (TPSA) is 84.2 Å². The van der Waals surface area contributed by atoms with Crippen molar-refractivity contribution >= 4 is 11.7 Å². The fourth-order valence-electron chi connectivity index (χ4n) is 2.97. The van der Waals surface area contributed by atoms with Gasteiger partial charge in [0.15, 0.2) is 0 Å². The highest BCUT2D eigenvalue weighted by molar-refractivity contribution is 5.93. The number of carbonyl (C=O) groups excluding carboxylic acids is 1. The molecule has 2 aliphatic heterocycles. The number of nitrogens with zero attached hydrogens (tertiary/aromatic N) is 2. The molecular weight excluding hydrogens is 232 g/mol. The minimum Gasteiger partial charge on any atom is -0.382 e. The number of carbonyl (C=O) groups is 1. The summed E-state index contributed by atoms with van der Waals surface area (Å²) < 4.78 is 5.50. The maximum Gasteiger partial charge on any atom is 0.271 e. The van der Waals surface area contributed by atoms with Crippen molar-refractivity contribution in [3.05, 3.63) is 11.8 Å². The minimum absolute atomic E-state index is 0.00910. The molecule has 0 saturated carbocycles. The Balaban J connectivity index is 1.74. The second kappa shape index (κ2) is 4.28. The second-order valence-corrected chi connectivity index (χ2v) is 5.34. The van der Waals surface area contributed by atoms with E-state index in [0.717, 1.165) is 45.6 Å². The van der Waals surface area contributed by atoms with Crippen molar-refractivity contribution in [1.29, 1.82) is 0 Å². The molecule has 1 amide bonds. The number of ether oxygens (including phenoxy) is 1. The first-order valence-electron chi connectivity index (χ1n) is 6.36. The van der Waals surface area contributed by atoms with E-state index in [1.165, 1.54) is 0 Å². The molecule has 1 atom stereocenters. The summed E-state index contributed by atoms with van der Waals surface area (Å²) in [4.78, 5) is 14.2. The molecular formula is C12H18N4O2. The zero-order valence-corrected chi connectivity index (χ0v) is 10.3. The molecule has 1 unspecified atom stereocenters. The fourth-order valence-corrected chi connectivity index (χ4v) is 2.97. The van der Waals surface area contributed by atoms with Crippen LogP contribution >= 0.6 is 0 Å². The first kappa shape index (κ1) is 11.5. The van der Waals surface area contributed by atoms with Crippen LogP contribution in [0.25, 0.3) is 0 Å². The zero-order chi connectivity index (χ0) is 12.6. The molecule has 0 aromatic carbocycles. The van der Waals surface area contributed by atoms with Crippen molar-refractivity contribution < 1.29 is 9.53 Å². The molecule has 3 rings (SSSR count). The Kier molecular flexibility index (Phi) is 2.74. The third-order valence-corrected chi connectivity index (χ3v) is 3.96. The number of piperidine rings is 1. The van der Waals surface area contributed by atoms with Crippen molar-refractivity contribution in [3.63, 3.8) is 0 Å². The maximum atomic E-state index is 12.3. The molecule has 1 aromatic rings. The summed E-state index contributed by atoms with van der Waals surface area (Å²) in [5.74, 6) is 0.347. The van der Waals surface area contributed by atoms with Gasteiger partial charge in [-0.15, -0.1) is 0 Å². The number of H-pyrrole nitrogens is 1. The smallest absolute Gasteiger partial charge is 0.271 e. The summed E-state index contributed by atoms with van der Waals surface area (Å²) in [6, 6.07) is 1.59. The van der Waals surface area contributed by atoms with Gasteiger partial charge in [-0.2, -0.15) is 5.10 Å². The monoisotopic (exact) mass is 250 g/mol. The number of nitrogen functional groups attached to an aromatic ring is 1. The van der Waals surface area contributed by atoms with Crippen LogP contribution < -0.4 is 5.73 Å². The molecule has 3 N–H and O–H groups in total. The third kappa shape index (κ3) is 1.96. The molecule has 1 aromatic heterocycles. The Morgan fingerprint density at radius 2 is 2.44 bits per heavy atom. The van der Waals surface area contributed by atoms with Crippen molar-refractivity contribution in [2.45, 2.75) is 19.3 Å². The molecule has 0 aliphatic carbocycles. The van der Waals surface area contributed by atoms with E-state index < -0.39 is 0 Å². The van der Waals surface area contributed by atoms with Crippen molar-refractivity contribution in [2.24, 2.45) is 5.41 Å². The Hall–Kier alpha value is -1.56. The predicted octanol–water partition coefficient (Wildman–Crippen LogP) is 0.635. The molecule has 6 heteroatoms. The highest BCUT2D eigenvalue weighted by Crippen LogP contribution is 2.37. The number of aromatic amines is 1. The van der Waals surface area contributed by atoms with E-state index in [1.807, 2.05) is 4.90 Å². The Bertz CT molecular complexity index is 451. The highest BCUT2D eigenvalue weighted by Gasteiger charge is 2.40. The second-order valence-electron chi connectivity index (χ2n) is 5.34. The van der Waals surface area contributed by atoms with Crippen LogP contribution in [0.15, 0.2) is 6.07 Å². The lowest BCUT2D eigenvalue weighted by atomic mass is 9.79. The zero-order valence-electron chi connectivity index (χ0n) is 10.3. The predicted molar refractivity (Wildman–Crippen MR) is 66.0 cm³/mol. The number of rotatable bonds is 1. The Labute approximate surface area is 105 Å². The molecule has 2 fully saturated rings. The molecule has 2 saturated heterocycles. The summed E-state index contributed by atoms with van der Waals surface area (Å²) in [6.45, 7) is 3.19. The lowest BCUT2D eigenvalue weighted by Crippen LogP contribution is -2.46. The molecule has 0 radical (unpaired) electrons. The summed E-state index contributed by atoms with van der Waals surface area (Å²) in [7, 11) is 0. The lowest BCUT2D eigenvalue weighted by molar-refractivity contribution is 0.0457. The van der Waals surface area contributed by atoms with Gasteiger partial charge >= 0.3 is 0 Å². The number of aromatic nitrogens is 2. The molecule has 3 heterocycles. The number of amides is 1. The number of nitrogens with two attached hydrogens (primary N) is 1.